The molecular weight excluding hydrogens is 258 g/mol. The molecule has 0 aliphatic rings. The van der Waals surface area contributed by atoms with Gasteiger partial charge in [0.05, 0.1) is 13.2 Å². The van der Waals surface area contributed by atoms with Crippen molar-refractivity contribution in [2.24, 2.45) is 5.41 Å². The molecule has 0 spiro atoms. The van der Waals surface area contributed by atoms with Gasteiger partial charge in [-0.15, -0.1) is 0 Å². The molecule has 0 N–H and O–H groups in total. The van der Waals surface area contributed by atoms with Crippen LogP contribution in [0.2, 0.25) is 0 Å². The number of pyridine rings is 1. The summed E-state index contributed by atoms with van der Waals surface area (Å²) in [6, 6.07) is 3.60. The van der Waals surface area contributed by atoms with E-state index < -0.39 is 17.4 Å². The summed E-state index contributed by atoms with van der Waals surface area (Å²) in [5.41, 5.74) is -0.495. The largest absolute Gasteiger partial charge is 0.465 e. The van der Waals surface area contributed by atoms with Gasteiger partial charge in [0.2, 0.25) is 0 Å². The van der Waals surface area contributed by atoms with Crippen LogP contribution in [0.25, 0.3) is 0 Å². The number of rotatable bonds is 7. The van der Waals surface area contributed by atoms with Gasteiger partial charge in [0.1, 0.15) is 0 Å². The Morgan fingerprint density at radius 1 is 1.15 bits per heavy atom. The Kier molecular flexibility index (Phi) is 6.15. The van der Waals surface area contributed by atoms with E-state index in [2.05, 4.69) is 4.98 Å². The number of esters is 2. The van der Waals surface area contributed by atoms with Gasteiger partial charge < -0.3 is 9.47 Å². The average Bonchev–Trinajstić information content (AvgIpc) is 2.46. The fraction of sp³-hybridized carbons (Fsp3) is 0.533. The predicted octanol–water partition coefficient (Wildman–Crippen LogP) is 2.15. The zero-order chi connectivity index (χ0) is 15.0. The van der Waals surface area contributed by atoms with Gasteiger partial charge in [-0.2, -0.15) is 0 Å². The van der Waals surface area contributed by atoms with Gasteiger partial charge in [-0.05, 0) is 31.9 Å². The Morgan fingerprint density at radius 3 is 2.15 bits per heavy atom. The molecule has 0 atom stereocenters. The first-order valence-electron chi connectivity index (χ1n) is 6.84. The van der Waals surface area contributed by atoms with Crippen molar-refractivity contribution in [1.29, 1.82) is 0 Å². The highest BCUT2D eigenvalue weighted by Crippen LogP contribution is 2.30. The average molecular weight is 279 g/mol. The maximum atomic E-state index is 12.3. The van der Waals surface area contributed by atoms with E-state index in [9.17, 15) is 9.59 Å². The Hall–Kier alpha value is -1.91. The van der Waals surface area contributed by atoms with Gasteiger partial charge in [0.15, 0.2) is 5.41 Å². The topological polar surface area (TPSA) is 65.5 Å². The van der Waals surface area contributed by atoms with E-state index in [0.717, 1.165) is 5.56 Å². The van der Waals surface area contributed by atoms with E-state index in [0.29, 0.717) is 6.42 Å². The highest BCUT2D eigenvalue weighted by atomic mass is 16.6. The van der Waals surface area contributed by atoms with Gasteiger partial charge in [-0.1, -0.05) is 13.0 Å². The van der Waals surface area contributed by atoms with Crippen molar-refractivity contribution in [3.63, 3.8) is 0 Å². The fourth-order valence-electron chi connectivity index (χ4n) is 2.03. The molecule has 0 radical (unpaired) electrons. The molecule has 0 saturated carbocycles. The Morgan fingerprint density at radius 2 is 1.75 bits per heavy atom. The first-order chi connectivity index (χ1) is 9.60. The molecule has 0 aliphatic heterocycles. The van der Waals surface area contributed by atoms with Gasteiger partial charge in [0.25, 0.3) is 0 Å². The molecule has 110 valence electrons. The summed E-state index contributed by atoms with van der Waals surface area (Å²) in [5, 5.41) is 0. The molecule has 0 amide bonds. The lowest BCUT2D eigenvalue weighted by Gasteiger charge is -2.27. The lowest BCUT2D eigenvalue weighted by molar-refractivity contribution is -0.172. The van der Waals surface area contributed by atoms with Crippen molar-refractivity contribution in [3.8, 4) is 0 Å². The minimum absolute atomic E-state index is 0.229. The minimum atomic E-state index is -1.30. The van der Waals surface area contributed by atoms with Crippen LogP contribution < -0.4 is 0 Å². The number of ether oxygens (including phenoxy) is 2. The summed E-state index contributed by atoms with van der Waals surface area (Å²) in [6.45, 7) is 5.67. The second kappa shape index (κ2) is 7.62. The maximum Gasteiger partial charge on any atom is 0.323 e. The van der Waals surface area contributed by atoms with Gasteiger partial charge in [0, 0.05) is 18.8 Å². The summed E-state index contributed by atoms with van der Waals surface area (Å²) in [5.74, 6) is -1.07. The quantitative estimate of drug-likeness (QED) is 0.565. The van der Waals surface area contributed by atoms with Gasteiger partial charge in [-0.3, -0.25) is 14.6 Å². The van der Waals surface area contributed by atoms with Crippen molar-refractivity contribution < 1.29 is 19.1 Å². The Bertz CT molecular complexity index is 426. The molecule has 0 saturated heterocycles. The first kappa shape index (κ1) is 16.1. The van der Waals surface area contributed by atoms with Gasteiger partial charge >= 0.3 is 11.9 Å². The third kappa shape index (κ3) is 3.56. The molecule has 1 aromatic rings. The zero-order valence-electron chi connectivity index (χ0n) is 12.2. The van der Waals surface area contributed by atoms with E-state index >= 15 is 0 Å². The molecule has 0 fully saturated rings. The highest BCUT2D eigenvalue weighted by molar-refractivity contribution is 6.00. The number of carbonyl (C=O) groups excluding carboxylic acids is 2. The molecule has 1 aromatic heterocycles. The van der Waals surface area contributed by atoms with E-state index in [1.807, 2.05) is 6.07 Å². The van der Waals surface area contributed by atoms with Crippen LogP contribution >= 0.6 is 0 Å². The Labute approximate surface area is 119 Å². The van der Waals surface area contributed by atoms with Crippen LogP contribution in [0, 0.1) is 5.41 Å². The molecule has 0 bridgehead atoms. The van der Waals surface area contributed by atoms with E-state index in [1.54, 1.807) is 39.2 Å². The van der Waals surface area contributed by atoms with Crippen molar-refractivity contribution >= 4 is 11.9 Å². The number of hydrogen-bond donors (Lipinski definition) is 0. The van der Waals surface area contributed by atoms with Crippen LogP contribution in [0.1, 0.15) is 32.8 Å². The monoisotopic (exact) mass is 279 g/mol. The summed E-state index contributed by atoms with van der Waals surface area (Å²) in [7, 11) is 0. The number of carbonyl (C=O) groups is 2. The van der Waals surface area contributed by atoms with Crippen molar-refractivity contribution in [3.05, 3.63) is 30.1 Å². The maximum absolute atomic E-state index is 12.3. The molecule has 1 heterocycles. The lowest BCUT2D eigenvalue weighted by Crippen LogP contribution is -2.43. The molecule has 20 heavy (non-hydrogen) atoms. The second-order valence-corrected chi connectivity index (χ2v) is 4.41. The summed E-state index contributed by atoms with van der Waals surface area (Å²) in [4.78, 5) is 28.6. The van der Waals surface area contributed by atoms with Crippen molar-refractivity contribution in [2.75, 3.05) is 13.2 Å². The molecule has 5 nitrogen and oxygen atoms in total. The molecule has 0 aromatic carbocycles. The number of hydrogen-bond acceptors (Lipinski definition) is 5. The van der Waals surface area contributed by atoms with Crippen LogP contribution in [0.15, 0.2) is 24.5 Å². The lowest BCUT2D eigenvalue weighted by atomic mass is 9.79. The van der Waals surface area contributed by atoms with Gasteiger partial charge in [-0.25, -0.2) is 0 Å². The normalized spacial score (nSPS) is 10.9. The third-order valence-electron chi connectivity index (χ3n) is 3.16. The third-order valence-corrected chi connectivity index (χ3v) is 3.16. The van der Waals surface area contributed by atoms with E-state index in [1.165, 1.54) is 0 Å². The minimum Gasteiger partial charge on any atom is -0.465 e. The van der Waals surface area contributed by atoms with Crippen LogP contribution in [0.4, 0.5) is 0 Å². The van der Waals surface area contributed by atoms with E-state index in [-0.39, 0.29) is 19.6 Å². The van der Waals surface area contributed by atoms with Crippen molar-refractivity contribution in [2.45, 2.75) is 33.6 Å². The van der Waals surface area contributed by atoms with Crippen molar-refractivity contribution in [1.82, 2.24) is 4.98 Å². The fourth-order valence-corrected chi connectivity index (χ4v) is 2.03. The zero-order valence-corrected chi connectivity index (χ0v) is 12.2. The number of nitrogens with zero attached hydrogens (tertiary/aromatic N) is 1. The smallest absolute Gasteiger partial charge is 0.323 e. The van der Waals surface area contributed by atoms with Crippen LogP contribution in [0.3, 0.4) is 0 Å². The van der Waals surface area contributed by atoms with Crippen LogP contribution in [-0.4, -0.2) is 30.1 Å². The summed E-state index contributed by atoms with van der Waals surface area (Å²) in [6.07, 6.45) is 3.84. The molecule has 5 heteroatoms. The standard InChI is InChI=1S/C15H21NO4/c1-4-15(13(17)19-5-2,14(18)20-6-3)10-12-8-7-9-16-11-12/h7-9,11H,4-6,10H2,1-3H3. The second-order valence-electron chi connectivity index (χ2n) is 4.41. The number of aromatic nitrogens is 1. The molecular formula is C15H21NO4. The molecule has 0 unspecified atom stereocenters. The highest BCUT2D eigenvalue weighted by Gasteiger charge is 2.47. The first-order valence-corrected chi connectivity index (χ1v) is 6.84. The molecule has 0 aliphatic carbocycles. The SMILES string of the molecule is CCOC(=O)C(CC)(Cc1cccnc1)C(=O)OCC. The summed E-state index contributed by atoms with van der Waals surface area (Å²) < 4.78 is 10.2. The van der Waals surface area contributed by atoms with E-state index in [4.69, 9.17) is 9.47 Å². The van der Waals surface area contributed by atoms with Crippen LogP contribution in [0.5, 0.6) is 0 Å². The Balaban J connectivity index is 3.10. The predicted molar refractivity (Wildman–Crippen MR) is 73.9 cm³/mol. The summed E-state index contributed by atoms with van der Waals surface area (Å²) >= 11 is 0. The molecule has 1 rings (SSSR count). The van der Waals surface area contributed by atoms with Crippen LogP contribution in [-0.2, 0) is 25.5 Å².